The minimum atomic E-state index is 0.484. The smallest absolute Gasteiger partial charge is 0.133 e. The summed E-state index contributed by atoms with van der Waals surface area (Å²) in [5.74, 6) is 1.34. The Labute approximate surface area is 102 Å². The lowest BCUT2D eigenvalue weighted by molar-refractivity contribution is 0.190. The van der Waals surface area contributed by atoms with Crippen LogP contribution < -0.4 is 0 Å². The van der Waals surface area contributed by atoms with Gasteiger partial charge in [0.2, 0.25) is 0 Å². The van der Waals surface area contributed by atoms with Gasteiger partial charge in [-0.05, 0) is 32.3 Å². The fraction of sp³-hybridized carbons (Fsp3) is 0.429. The lowest BCUT2D eigenvalue weighted by Gasteiger charge is -2.18. The summed E-state index contributed by atoms with van der Waals surface area (Å²) in [5, 5.41) is 0.856. The Bertz CT molecular complexity index is 374. The number of halogens is 1. The molecule has 0 saturated carbocycles. The van der Waals surface area contributed by atoms with Crippen LogP contribution in [0.5, 0.6) is 0 Å². The molecule has 16 heavy (non-hydrogen) atoms. The molecule has 0 bridgehead atoms. The van der Waals surface area contributed by atoms with Crippen LogP contribution in [0.1, 0.15) is 26.2 Å². The maximum atomic E-state index is 6.10. The summed E-state index contributed by atoms with van der Waals surface area (Å²) in [5.41, 5.74) is 1.32. The van der Waals surface area contributed by atoms with Crippen molar-refractivity contribution in [2.24, 2.45) is 5.92 Å². The minimum absolute atomic E-state index is 0.484. The normalized spacial score (nSPS) is 24.6. The molecule has 1 unspecified atom stereocenters. The molecule has 0 heterocycles. The summed E-state index contributed by atoms with van der Waals surface area (Å²) in [6.45, 7) is 2.84. The molecule has 0 aliphatic heterocycles. The van der Waals surface area contributed by atoms with Gasteiger partial charge >= 0.3 is 0 Å². The number of allylic oxidation sites excluding steroid dienone is 6. The molecule has 2 aliphatic rings. The van der Waals surface area contributed by atoms with Crippen molar-refractivity contribution in [1.29, 1.82) is 0 Å². The molecule has 0 radical (unpaired) electrons. The van der Waals surface area contributed by atoms with Crippen LogP contribution in [0.25, 0.3) is 0 Å². The summed E-state index contributed by atoms with van der Waals surface area (Å²) in [7, 11) is 0. The van der Waals surface area contributed by atoms with Gasteiger partial charge in [0.1, 0.15) is 5.76 Å². The van der Waals surface area contributed by atoms with E-state index in [1.165, 1.54) is 5.57 Å². The molecule has 2 rings (SSSR count). The van der Waals surface area contributed by atoms with Gasteiger partial charge in [-0.15, -0.1) is 0 Å². The highest BCUT2D eigenvalue weighted by Gasteiger charge is 2.11. The Morgan fingerprint density at radius 3 is 3.00 bits per heavy atom. The quantitative estimate of drug-likeness (QED) is 0.709. The van der Waals surface area contributed by atoms with Crippen molar-refractivity contribution in [2.45, 2.75) is 26.2 Å². The third-order valence-electron chi connectivity index (χ3n) is 2.84. The van der Waals surface area contributed by atoms with E-state index >= 15 is 0 Å². The minimum Gasteiger partial charge on any atom is -0.492 e. The number of rotatable bonds is 3. The fourth-order valence-electron chi connectivity index (χ4n) is 1.98. The van der Waals surface area contributed by atoms with E-state index in [2.05, 4.69) is 31.2 Å². The van der Waals surface area contributed by atoms with Crippen molar-refractivity contribution in [3.8, 4) is 0 Å². The zero-order valence-corrected chi connectivity index (χ0v) is 10.3. The van der Waals surface area contributed by atoms with Crippen LogP contribution in [0.2, 0.25) is 0 Å². The molecule has 0 aromatic rings. The maximum Gasteiger partial charge on any atom is 0.133 e. The second kappa shape index (κ2) is 5.40. The molecule has 0 spiro atoms. The second-order valence-corrected chi connectivity index (χ2v) is 4.79. The molecule has 0 aromatic heterocycles. The van der Waals surface area contributed by atoms with Crippen molar-refractivity contribution in [3.05, 3.63) is 46.7 Å². The lowest BCUT2D eigenvalue weighted by Crippen LogP contribution is -2.09. The molecule has 0 saturated heterocycles. The van der Waals surface area contributed by atoms with Crippen molar-refractivity contribution in [3.63, 3.8) is 0 Å². The summed E-state index contributed by atoms with van der Waals surface area (Å²) < 4.78 is 5.77. The van der Waals surface area contributed by atoms with Crippen LogP contribution in [0, 0.1) is 5.92 Å². The first-order valence-corrected chi connectivity index (χ1v) is 6.16. The third kappa shape index (κ3) is 3.02. The van der Waals surface area contributed by atoms with Gasteiger partial charge in [-0.3, -0.25) is 0 Å². The summed E-state index contributed by atoms with van der Waals surface area (Å²) in [6, 6.07) is 0. The molecule has 1 atom stereocenters. The highest BCUT2D eigenvalue weighted by Crippen LogP contribution is 2.25. The van der Waals surface area contributed by atoms with E-state index < -0.39 is 0 Å². The third-order valence-corrected chi connectivity index (χ3v) is 3.21. The van der Waals surface area contributed by atoms with Gasteiger partial charge in [-0.25, -0.2) is 0 Å². The van der Waals surface area contributed by atoms with E-state index in [1.807, 2.05) is 6.08 Å². The Kier molecular flexibility index (Phi) is 3.89. The average Bonchev–Trinajstić information content (AvgIpc) is 2.28. The molecule has 0 N–H and O–H groups in total. The first-order valence-electron chi connectivity index (χ1n) is 5.78. The van der Waals surface area contributed by atoms with Crippen LogP contribution in [-0.4, -0.2) is 6.61 Å². The van der Waals surface area contributed by atoms with Crippen LogP contribution in [0.15, 0.2) is 46.7 Å². The molecule has 0 fully saturated rings. The highest BCUT2D eigenvalue weighted by molar-refractivity contribution is 6.30. The number of hydrogen-bond acceptors (Lipinski definition) is 1. The standard InChI is InChI=1S/C14H17ClO/c1-11-5-4-6-12(9-11)10-16-14-8-3-2-7-13(14)15/h3-5,8-9,12H,2,6-7,10H2,1H3. The Morgan fingerprint density at radius 1 is 1.38 bits per heavy atom. The molecule has 0 aromatic carbocycles. The topological polar surface area (TPSA) is 9.23 Å². The molecule has 1 nitrogen and oxygen atoms in total. The van der Waals surface area contributed by atoms with E-state index in [1.54, 1.807) is 0 Å². The molecule has 2 heteroatoms. The Balaban J connectivity index is 1.88. The number of ether oxygens (including phenoxy) is 1. The van der Waals surface area contributed by atoms with Crippen LogP contribution >= 0.6 is 11.6 Å². The van der Waals surface area contributed by atoms with Gasteiger partial charge in [0.15, 0.2) is 0 Å². The molecular formula is C14H17ClO. The van der Waals surface area contributed by atoms with E-state index in [0.717, 1.165) is 36.7 Å². The molecular weight excluding hydrogens is 220 g/mol. The van der Waals surface area contributed by atoms with Gasteiger partial charge in [-0.2, -0.15) is 0 Å². The van der Waals surface area contributed by atoms with E-state index in [9.17, 15) is 0 Å². The molecule has 86 valence electrons. The summed E-state index contributed by atoms with van der Waals surface area (Å²) >= 11 is 6.10. The monoisotopic (exact) mass is 236 g/mol. The SMILES string of the molecule is CC1=CC(COC2=C(Cl)CCC=C2)CC=C1. The van der Waals surface area contributed by atoms with Crippen LogP contribution in [-0.2, 0) is 4.74 Å². The van der Waals surface area contributed by atoms with Gasteiger partial charge in [0.05, 0.1) is 11.6 Å². The van der Waals surface area contributed by atoms with Crippen LogP contribution in [0.4, 0.5) is 0 Å². The number of hydrogen-bond donors (Lipinski definition) is 0. The average molecular weight is 237 g/mol. The first kappa shape index (κ1) is 11.5. The molecule has 2 aliphatic carbocycles. The van der Waals surface area contributed by atoms with Crippen molar-refractivity contribution < 1.29 is 4.74 Å². The fourth-order valence-corrected chi connectivity index (χ4v) is 2.20. The van der Waals surface area contributed by atoms with Crippen LogP contribution in [0.3, 0.4) is 0 Å². The van der Waals surface area contributed by atoms with Crippen molar-refractivity contribution in [2.75, 3.05) is 6.61 Å². The maximum absolute atomic E-state index is 6.10. The zero-order chi connectivity index (χ0) is 11.4. The van der Waals surface area contributed by atoms with Gasteiger partial charge in [0, 0.05) is 5.92 Å². The summed E-state index contributed by atoms with van der Waals surface area (Å²) in [6.07, 6.45) is 13.7. The van der Waals surface area contributed by atoms with E-state index in [0.29, 0.717) is 5.92 Å². The van der Waals surface area contributed by atoms with E-state index in [4.69, 9.17) is 16.3 Å². The van der Waals surface area contributed by atoms with Crippen molar-refractivity contribution >= 4 is 11.6 Å². The van der Waals surface area contributed by atoms with Crippen molar-refractivity contribution in [1.82, 2.24) is 0 Å². The predicted molar refractivity (Wildman–Crippen MR) is 68.2 cm³/mol. The second-order valence-electron chi connectivity index (χ2n) is 4.33. The lowest BCUT2D eigenvalue weighted by atomic mass is 9.98. The first-order chi connectivity index (χ1) is 7.75. The zero-order valence-electron chi connectivity index (χ0n) is 9.58. The largest absolute Gasteiger partial charge is 0.492 e. The molecule has 0 amide bonds. The predicted octanol–water partition coefficient (Wildman–Crippen LogP) is 4.33. The Hall–Kier alpha value is -0.950. The van der Waals surface area contributed by atoms with Gasteiger partial charge in [0.25, 0.3) is 0 Å². The van der Waals surface area contributed by atoms with Gasteiger partial charge in [-0.1, -0.05) is 41.5 Å². The van der Waals surface area contributed by atoms with E-state index in [-0.39, 0.29) is 0 Å². The summed E-state index contributed by atoms with van der Waals surface area (Å²) in [4.78, 5) is 0. The highest BCUT2D eigenvalue weighted by atomic mass is 35.5. The van der Waals surface area contributed by atoms with Gasteiger partial charge < -0.3 is 4.74 Å². The Morgan fingerprint density at radius 2 is 2.25 bits per heavy atom.